The summed E-state index contributed by atoms with van der Waals surface area (Å²) in [6, 6.07) is 12.9. The van der Waals surface area contributed by atoms with E-state index < -0.39 is 12.0 Å². The Morgan fingerprint density at radius 1 is 1.05 bits per heavy atom. The number of anilines is 3. The van der Waals surface area contributed by atoms with Gasteiger partial charge in [0.2, 0.25) is 11.7 Å². The number of benzene rings is 2. The van der Waals surface area contributed by atoms with Crippen LogP contribution in [-0.2, 0) is 9.68 Å². The Hall–Kier alpha value is -5.06. The molecule has 1 aliphatic heterocycles. The lowest BCUT2D eigenvalue weighted by Gasteiger charge is -2.16. The first-order valence-corrected chi connectivity index (χ1v) is 11.9. The summed E-state index contributed by atoms with van der Waals surface area (Å²) in [5, 5.41) is 6.39. The van der Waals surface area contributed by atoms with E-state index in [4.69, 9.17) is 9.78 Å². The third-order valence-electron chi connectivity index (χ3n) is 5.92. The molecular formula is C27H23FN6O4. The fourth-order valence-electron chi connectivity index (χ4n) is 4.03. The molecule has 11 heteroatoms. The van der Waals surface area contributed by atoms with Crippen LogP contribution in [0.4, 0.5) is 26.4 Å². The summed E-state index contributed by atoms with van der Waals surface area (Å²) in [7, 11) is 0. The molecule has 3 heterocycles. The van der Waals surface area contributed by atoms with E-state index in [0.717, 1.165) is 18.9 Å². The maximum Gasteiger partial charge on any atom is 0.452 e. The Morgan fingerprint density at radius 3 is 2.66 bits per heavy atom. The molecule has 2 N–H and O–H groups in total. The molecule has 0 atom stereocenters. The second-order valence-electron chi connectivity index (χ2n) is 8.44. The van der Waals surface area contributed by atoms with Gasteiger partial charge in [-0.05, 0) is 49.2 Å². The van der Waals surface area contributed by atoms with Gasteiger partial charge in [-0.15, -0.1) is 0 Å². The van der Waals surface area contributed by atoms with Crippen LogP contribution in [0.1, 0.15) is 12.8 Å². The van der Waals surface area contributed by atoms with E-state index in [1.54, 1.807) is 42.6 Å². The van der Waals surface area contributed by atoms with Crippen LogP contribution >= 0.6 is 0 Å². The maximum atomic E-state index is 14.3. The number of aromatic nitrogens is 3. The van der Waals surface area contributed by atoms with E-state index in [1.807, 2.05) is 0 Å². The first kappa shape index (κ1) is 24.6. The van der Waals surface area contributed by atoms with E-state index in [1.165, 1.54) is 23.4 Å². The molecule has 0 saturated carbocycles. The first-order valence-electron chi connectivity index (χ1n) is 11.9. The van der Waals surface area contributed by atoms with Crippen molar-refractivity contribution in [1.29, 1.82) is 0 Å². The van der Waals surface area contributed by atoms with Crippen molar-refractivity contribution in [3.05, 3.63) is 79.5 Å². The monoisotopic (exact) mass is 514 g/mol. The highest BCUT2D eigenvalue weighted by atomic mass is 19.1. The average Bonchev–Trinajstić information content (AvgIpc) is 3.48. The number of pyridine rings is 1. The van der Waals surface area contributed by atoms with Crippen LogP contribution in [0.25, 0.3) is 22.2 Å². The molecule has 10 nitrogen and oxygen atoms in total. The number of rotatable bonds is 7. The third kappa shape index (κ3) is 5.36. The molecule has 0 bridgehead atoms. The fourth-order valence-corrected chi connectivity index (χ4v) is 4.03. The van der Waals surface area contributed by atoms with Gasteiger partial charge >= 0.3 is 6.09 Å². The van der Waals surface area contributed by atoms with Gasteiger partial charge in [0.05, 0.1) is 16.9 Å². The van der Waals surface area contributed by atoms with Crippen LogP contribution in [0.3, 0.4) is 0 Å². The number of likely N-dealkylation sites (tertiary alicyclic amines) is 1. The number of halogens is 1. The van der Waals surface area contributed by atoms with E-state index in [2.05, 4.69) is 32.2 Å². The number of nitrogens with one attached hydrogen (secondary N) is 2. The van der Waals surface area contributed by atoms with Gasteiger partial charge in [-0.25, -0.2) is 24.0 Å². The average molecular weight is 515 g/mol. The summed E-state index contributed by atoms with van der Waals surface area (Å²) in [6.45, 7) is 4.66. The van der Waals surface area contributed by atoms with Crippen LogP contribution in [-0.4, -0.2) is 44.9 Å². The Morgan fingerprint density at radius 2 is 1.87 bits per heavy atom. The molecule has 0 unspecified atom stereocenters. The minimum absolute atomic E-state index is 0.0793. The molecule has 5 rings (SSSR count). The molecule has 1 aliphatic rings. The third-order valence-corrected chi connectivity index (χ3v) is 5.92. The zero-order chi connectivity index (χ0) is 26.5. The smallest absolute Gasteiger partial charge is 0.340 e. The molecule has 4 aromatic rings. The van der Waals surface area contributed by atoms with Gasteiger partial charge in [0, 0.05) is 42.0 Å². The van der Waals surface area contributed by atoms with Crippen molar-refractivity contribution in [1.82, 2.24) is 19.9 Å². The van der Waals surface area contributed by atoms with Gasteiger partial charge in [-0.3, -0.25) is 14.7 Å². The van der Waals surface area contributed by atoms with Crippen molar-refractivity contribution >= 4 is 40.1 Å². The molecule has 2 aromatic heterocycles. The number of nitrogens with zero attached hydrogens (tertiary/aromatic N) is 4. The van der Waals surface area contributed by atoms with Gasteiger partial charge < -0.3 is 15.5 Å². The van der Waals surface area contributed by atoms with Crippen molar-refractivity contribution in [3.63, 3.8) is 0 Å². The topological polar surface area (TPSA) is 119 Å². The van der Waals surface area contributed by atoms with E-state index in [-0.39, 0.29) is 17.3 Å². The summed E-state index contributed by atoms with van der Waals surface area (Å²) in [6.07, 6.45) is 5.20. The highest BCUT2D eigenvalue weighted by molar-refractivity contribution is 6.03. The molecular weight excluding hydrogens is 491 g/mol. The molecule has 2 amide bonds. The quantitative estimate of drug-likeness (QED) is 0.196. The minimum Gasteiger partial charge on any atom is -0.340 e. The first-order chi connectivity index (χ1) is 18.5. The predicted octanol–water partition coefficient (Wildman–Crippen LogP) is 5.23. The van der Waals surface area contributed by atoms with E-state index in [9.17, 15) is 14.0 Å². The zero-order valence-electron chi connectivity index (χ0n) is 20.2. The second-order valence-corrected chi connectivity index (χ2v) is 8.44. The Kier molecular flexibility index (Phi) is 7.07. The SMILES string of the molecule is C=CC(=O)Nc1cc2c(Nc3ccnc(-c4ccccc4F)c3)ncnc2cc1OOC(=O)N1CCCC1. The van der Waals surface area contributed by atoms with E-state index >= 15 is 0 Å². The van der Waals surface area contributed by atoms with Gasteiger partial charge in [-0.2, -0.15) is 0 Å². The molecule has 0 spiro atoms. The molecule has 1 fully saturated rings. The predicted molar refractivity (Wildman–Crippen MR) is 139 cm³/mol. The van der Waals surface area contributed by atoms with Crippen LogP contribution in [0.5, 0.6) is 5.75 Å². The summed E-state index contributed by atoms with van der Waals surface area (Å²) >= 11 is 0. The normalized spacial score (nSPS) is 12.7. The maximum absolute atomic E-state index is 14.3. The standard InChI is InChI=1S/C27H23FN6O4/c1-2-25(35)33-23-14-19-22(15-24(23)37-38-27(36)34-11-5-6-12-34)30-16-31-26(19)32-17-9-10-29-21(13-17)18-7-3-4-8-20(18)28/h2-4,7-10,13-16H,1,5-6,11-12H2,(H,33,35)(H,29,30,31,32). The zero-order valence-corrected chi connectivity index (χ0v) is 20.2. The van der Waals surface area contributed by atoms with Crippen LogP contribution in [0.2, 0.25) is 0 Å². The van der Waals surface area contributed by atoms with Crippen molar-refractivity contribution in [2.45, 2.75) is 12.8 Å². The lowest BCUT2D eigenvalue weighted by Crippen LogP contribution is -2.29. The number of hydrogen-bond donors (Lipinski definition) is 2. The van der Waals surface area contributed by atoms with Crippen molar-refractivity contribution in [2.24, 2.45) is 0 Å². The molecule has 1 saturated heterocycles. The molecule has 2 aromatic carbocycles. The van der Waals surface area contributed by atoms with Gasteiger partial charge in [0.25, 0.3) is 0 Å². The largest absolute Gasteiger partial charge is 0.452 e. The highest BCUT2D eigenvalue weighted by Gasteiger charge is 2.22. The van der Waals surface area contributed by atoms with Crippen LogP contribution < -0.4 is 15.5 Å². The summed E-state index contributed by atoms with van der Waals surface area (Å²) < 4.78 is 14.3. The Labute approximate surface area is 217 Å². The molecule has 192 valence electrons. The number of fused-ring (bicyclic) bond motifs is 1. The van der Waals surface area contributed by atoms with Crippen LogP contribution in [0.15, 0.2) is 73.7 Å². The van der Waals surface area contributed by atoms with Gasteiger partial charge in [0.1, 0.15) is 18.0 Å². The van der Waals surface area contributed by atoms with Gasteiger partial charge in [-0.1, -0.05) is 18.7 Å². The summed E-state index contributed by atoms with van der Waals surface area (Å²) in [5.74, 6) is -0.383. The second kappa shape index (κ2) is 10.9. The number of amides is 2. The van der Waals surface area contributed by atoms with Crippen molar-refractivity contribution in [3.8, 4) is 17.0 Å². The number of hydrogen-bond acceptors (Lipinski definition) is 8. The highest BCUT2D eigenvalue weighted by Crippen LogP contribution is 2.34. The summed E-state index contributed by atoms with van der Waals surface area (Å²) in [5.41, 5.74) is 2.09. The molecule has 0 radical (unpaired) electrons. The number of carbonyl (C=O) groups excluding carboxylic acids is 2. The van der Waals surface area contributed by atoms with Crippen molar-refractivity contribution < 1.29 is 23.8 Å². The Balaban J connectivity index is 1.46. The number of carbonyl (C=O) groups is 2. The van der Waals surface area contributed by atoms with E-state index in [0.29, 0.717) is 46.8 Å². The lowest BCUT2D eigenvalue weighted by molar-refractivity contribution is -0.152. The lowest BCUT2D eigenvalue weighted by atomic mass is 10.1. The van der Waals surface area contributed by atoms with Crippen LogP contribution in [0, 0.1) is 5.82 Å². The van der Waals surface area contributed by atoms with Crippen molar-refractivity contribution in [2.75, 3.05) is 23.7 Å². The van der Waals surface area contributed by atoms with Gasteiger partial charge in [0.15, 0.2) is 0 Å². The minimum atomic E-state index is -0.614. The molecule has 38 heavy (non-hydrogen) atoms. The molecule has 0 aliphatic carbocycles. The Bertz CT molecular complexity index is 1520. The fraction of sp³-hybridized carbons (Fsp3) is 0.148. The summed E-state index contributed by atoms with van der Waals surface area (Å²) in [4.78, 5) is 49.2.